The van der Waals surface area contributed by atoms with E-state index in [-0.39, 0.29) is 49.1 Å². The lowest BCUT2D eigenvalue weighted by molar-refractivity contribution is 0.542. The number of nitrogens with zero attached hydrogens (tertiary/aromatic N) is 3. The van der Waals surface area contributed by atoms with E-state index >= 15 is 0 Å². The molecule has 8 heteroatoms. The summed E-state index contributed by atoms with van der Waals surface area (Å²) in [6.07, 6.45) is 3.16. The average molecular weight is 429 g/mol. The zero-order valence-corrected chi connectivity index (χ0v) is 18.2. The molecule has 3 aromatic heterocycles. The summed E-state index contributed by atoms with van der Waals surface area (Å²) in [7, 11) is 0. The first-order chi connectivity index (χ1) is 12.4. The van der Waals surface area contributed by atoms with E-state index in [9.17, 15) is 0 Å². The SMILES string of the molecule is CC(C)(C)c1coc(-c2nc(-c3nc(C(C)(C)C)co3)c(Cl)c(Cl)c2Cl)n1. The Morgan fingerprint density at radius 2 is 1.00 bits per heavy atom. The normalized spacial score (nSPS) is 12.6. The Morgan fingerprint density at radius 1 is 0.630 bits per heavy atom. The van der Waals surface area contributed by atoms with Gasteiger partial charge in [0.25, 0.3) is 0 Å². The van der Waals surface area contributed by atoms with Gasteiger partial charge in [-0.05, 0) is 0 Å². The number of rotatable bonds is 2. The van der Waals surface area contributed by atoms with Gasteiger partial charge in [0.2, 0.25) is 11.8 Å². The molecule has 3 rings (SSSR count). The summed E-state index contributed by atoms with van der Waals surface area (Å²) in [6, 6.07) is 0. The van der Waals surface area contributed by atoms with Gasteiger partial charge in [0.15, 0.2) is 0 Å². The second-order valence-corrected chi connectivity index (χ2v) is 9.46. The molecule has 0 spiro atoms. The predicted molar refractivity (Wildman–Crippen MR) is 108 cm³/mol. The monoisotopic (exact) mass is 427 g/mol. The van der Waals surface area contributed by atoms with Crippen LogP contribution in [0.1, 0.15) is 52.9 Å². The maximum Gasteiger partial charge on any atom is 0.246 e. The van der Waals surface area contributed by atoms with Crippen molar-refractivity contribution < 1.29 is 8.83 Å². The molecule has 0 fully saturated rings. The van der Waals surface area contributed by atoms with Crippen LogP contribution in [-0.4, -0.2) is 15.0 Å². The van der Waals surface area contributed by atoms with Gasteiger partial charge in [-0.2, -0.15) is 0 Å². The summed E-state index contributed by atoms with van der Waals surface area (Å²) in [6.45, 7) is 12.2. The zero-order valence-electron chi connectivity index (χ0n) is 15.9. The van der Waals surface area contributed by atoms with E-state index < -0.39 is 0 Å². The van der Waals surface area contributed by atoms with Crippen LogP contribution in [0.5, 0.6) is 0 Å². The van der Waals surface area contributed by atoms with E-state index in [0.717, 1.165) is 11.4 Å². The fourth-order valence-corrected chi connectivity index (χ4v) is 2.91. The Labute approximate surface area is 173 Å². The molecule has 0 aromatic carbocycles. The minimum atomic E-state index is -0.183. The molecular weight excluding hydrogens is 409 g/mol. The molecule has 0 saturated heterocycles. The van der Waals surface area contributed by atoms with Gasteiger partial charge < -0.3 is 8.83 Å². The van der Waals surface area contributed by atoms with Crippen LogP contribution in [-0.2, 0) is 10.8 Å². The zero-order chi connectivity index (χ0) is 20.1. The van der Waals surface area contributed by atoms with E-state index in [0.29, 0.717) is 0 Å². The molecule has 0 radical (unpaired) electrons. The standard InChI is InChI=1S/C19H20Cl3N3O2/c1-18(2,3)9-7-26-16(23-9)14-12(21)11(20)13(22)15(25-14)17-24-10(8-27-17)19(4,5)6/h7-8H,1-6H3. The van der Waals surface area contributed by atoms with Crippen molar-refractivity contribution in [3.05, 3.63) is 39.0 Å². The third-order valence-corrected chi connectivity index (χ3v) is 5.28. The van der Waals surface area contributed by atoms with Crippen LogP contribution in [0.2, 0.25) is 15.1 Å². The van der Waals surface area contributed by atoms with Crippen LogP contribution < -0.4 is 0 Å². The first kappa shape index (κ1) is 20.2. The average Bonchev–Trinajstić information content (AvgIpc) is 3.21. The highest BCUT2D eigenvalue weighted by Crippen LogP contribution is 2.42. The molecule has 0 bridgehead atoms. The molecular formula is C19H20Cl3N3O2. The summed E-state index contributed by atoms with van der Waals surface area (Å²) in [4.78, 5) is 13.5. The number of halogens is 3. The van der Waals surface area contributed by atoms with Crippen LogP contribution >= 0.6 is 34.8 Å². The second kappa shape index (κ2) is 6.80. The Balaban J connectivity index is 2.15. The van der Waals surface area contributed by atoms with Gasteiger partial charge in [0.1, 0.15) is 23.9 Å². The molecule has 0 saturated carbocycles. The molecule has 0 aliphatic heterocycles. The van der Waals surface area contributed by atoms with Gasteiger partial charge in [-0.15, -0.1) is 0 Å². The Kier molecular flexibility index (Phi) is 5.08. The van der Waals surface area contributed by atoms with E-state index in [2.05, 4.69) is 15.0 Å². The van der Waals surface area contributed by atoms with Crippen molar-refractivity contribution in [2.24, 2.45) is 0 Å². The number of pyridine rings is 1. The minimum absolute atomic E-state index is 0.143. The van der Waals surface area contributed by atoms with Crippen LogP contribution in [0.25, 0.3) is 23.2 Å². The molecule has 0 N–H and O–H groups in total. The summed E-state index contributed by atoms with van der Waals surface area (Å²) >= 11 is 19.1. The third kappa shape index (κ3) is 3.86. The lowest BCUT2D eigenvalue weighted by Crippen LogP contribution is -2.11. The highest BCUT2D eigenvalue weighted by Gasteiger charge is 2.27. The molecule has 0 aliphatic carbocycles. The van der Waals surface area contributed by atoms with Crippen LogP contribution in [0.4, 0.5) is 0 Å². The molecule has 5 nitrogen and oxygen atoms in total. The topological polar surface area (TPSA) is 65.0 Å². The molecule has 0 amide bonds. The van der Waals surface area contributed by atoms with Crippen LogP contribution in [0.3, 0.4) is 0 Å². The predicted octanol–water partition coefficient (Wildman–Crippen LogP) is 6.95. The highest BCUT2D eigenvalue weighted by atomic mass is 35.5. The number of oxazole rings is 2. The largest absolute Gasteiger partial charge is 0.443 e. The van der Waals surface area contributed by atoms with Gasteiger partial charge in [-0.3, -0.25) is 0 Å². The number of hydrogen-bond donors (Lipinski definition) is 0. The minimum Gasteiger partial charge on any atom is -0.443 e. The van der Waals surface area contributed by atoms with Gasteiger partial charge >= 0.3 is 0 Å². The lowest BCUT2D eigenvalue weighted by atomic mass is 9.93. The summed E-state index contributed by atoms with van der Waals surface area (Å²) in [5.74, 6) is 0.514. The van der Waals surface area contributed by atoms with E-state index in [1.165, 1.54) is 0 Å². The van der Waals surface area contributed by atoms with Gasteiger partial charge in [-0.1, -0.05) is 76.3 Å². The Bertz CT molecular complexity index is 918. The van der Waals surface area contributed by atoms with Gasteiger partial charge in [-0.25, -0.2) is 15.0 Å². The molecule has 3 aromatic rings. The van der Waals surface area contributed by atoms with Crippen molar-refractivity contribution in [3.8, 4) is 23.2 Å². The first-order valence-electron chi connectivity index (χ1n) is 8.37. The number of hydrogen-bond acceptors (Lipinski definition) is 5. The maximum absolute atomic E-state index is 6.36. The van der Waals surface area contributed by atoms with Crippen molar-refractivity contribution in [2.45, 2.75) is 52.4 Å². The van der Waals surface area contributed by atoms with E-state index in [4.69, 9.17) is 43.6 Å². The molecule has 27 heavy (non-hydrogen) atoms. The number of aromatic nitrogens is 3. The maximum atomic E-state index is 6.36. The van der Waals surface area contributed by atoms with Crippen molar-refractivity contribution >= 4 is 34.8 Å². The fraction of sp³-hybridized carbons (Fsp3) is 0.421. The first-order valence-corrected chi connectivity index (χ1v) is 9.50. The van der Waals surface area contributed by atoms with Crippen LogP contribution in [0.15, 0.2) is 21.4 Å². The smallest absolute Gasteiger partial charge is 0.246 e. The van der Waals surface area contributed by atoms with Crippen molar-refractivity contribution in [1.29, 1.82) is 0 Å². The summed E-state index contributed by atoms with van der Waals surface area (Å²) < 4.78 is 11.2. The molecule has 0 unspecified atom stereocenters. The Morgan fingerprint density at radius 3 is 1.30 bits per heavy atom. The van der Waals surface area contributed by atoms with Crippen molar-refractivity contribution in [2.75, 3.05) is 0 Å². The lowest BCUT2D eigenvalue weighted by Gasteiger charge is -2.13. The van der Waals surface area contributed by atoms with Gasteiger partial charge in [0.05, 0.1) is 26.5 Å². The van der Waals surface area contributed by atoms with Crippen molar-refractivity contribution in [1.82, 2.24) is 15.0 Å². The quantitative estimate of drug-likeness (QED) is 0.442. The Hall–Kier alpha value is -1.56. The van der Waals surface area contributed by atoms with Crippen molar-refractivity contribution in [3.63, 3.8) is 0 Å². The fourth-order valence-electron chi connectivity index (χ4n) is 2.25. The molecule has 3 heterocycles. The van der Waals surface area contributed by atoms with Gasteiger partial charge in [0, 0.05) is 10.8 Å². The second-order valence-electron chi connectivity index (χ2n) is 8.33. The summed E-state index contributed by atoms with van der Waals surface area (Å²) in [5.41, 5.74) is 1.75. The molecule has 0 atom stereocenters. The highest BCUT2D eigenvalue weighted by molar-refractivity contribution is 6.49. The van der Waals surface area contributed by atoms with Crippen LogP contribution in [0, 0.1) is 0 Å². The molecule has 0 aliphatic rings. The molecule has 144 valence electrons. The summed E-state index contributed by atoms with van der Waals surface area (Å²) in [5, 5.41) is 0.468. The van der Waals surface area contributed by atoms with E-state index in [1.54, 1.807) is 12.5 Å². The van der Waals surface area contributed by atoms with E-state index in [1.807, 2.05) is 41.5 Å². The third-order valence-electron chi connectivity index (χ3n) is 3.98.